The first kappa shape index (κ1) is 18.8. The highest BCUT2D eigenvalue weighted by Gasteiger charge is 2.39. The van der Waals surface area contributed by atoms with Crippen molar-refractivity contribution in [2.24, 2.45) is 0 Å². The van der Waals surface area contributed by atoms with Crippen molar-refractivity contribution in [3.63, 3.8) is 0 Å². The molecule has 1 aliphatic heterocycles. The van der Waals surface area contributed by atoms with E-state index in [4.69, 9.17) is 0 Å². The number of nitrogens with one attached hydrogen (secondary N) is 1. The molecule has 0 aromatic heterocycles. The Morgan fingerprint density at radius 1 is 1.12 bits per heavy atom. The SMILES string of the molecule is CNCCC[C@H]1Cc2cc(F)ccc2N(c2ccc(F)cc2C)S1(=O)=O. The summed E-state index contributed by atoms with van der Waals surface area (Å²) in [5.41, 5.74) is 2.00. The Bertz CT molecular complexity index is 916. The minimum Gasteiger partial charge on any atom is -0.320 e. The van der Waals surface area contributed by atoms with E-state index in [1.54, 1.807) is 6.92 Å². The van der Waals surface area contributed by atoms with Gasteiger partial charge >= 0.3 is 0 Å². The third-order valence-corrected chi connectivity index (χ3v) is 6.86. The van der Waals surface area contributed by atoms with Gasteiger partial charge in [0.2, 0.25) is 10.0 Å². The maximum Gasteiger partial charge on any atom is 0.242 e. The van der Waals surface area contributed by atoms with Gasteiger partial charge < -0.3 is 5.32 Å². The van der Waals surface area contributed by atoms with Crippen molar-refractivity contribution in [1.29, 1.82) is 0 Å². The molecule has 0 bridgehead atoms. The number of rotatable bonds is 5. The maximum absolute atomic E-state index is 13.8. The fourth-order valence-electron chi connectivity index (χ4n) is 3.42. The van der Waals surface area contributed by atoms with Crippen molar-refractivity contribution >= 4 is 21.4 Å². The first-order chi connectivity index (χ1) is 12.3. The van der Waals surface area contributed by atoms with E-state index in [1.165, 1.54) is 40.7 Å². The van der Waals surface area contributed by atoms with Gasteiger partial charge in [0, 0.05) is 0 Å². The summed E-state index contributed by atoms with van der Waals surface area (Å²) in [6, 6.07) is 8.13. The second-order valence-corrected chi connectivity index (χ2v) is 8.65. The van der Waals surface area contributed by atoms with Crippen molar-refractivity contribution < 1.29 is 17.2 Å². The van der Waals surface area contributed by atoms with E-state index >= 15 is 0 Å². The Balaban J connectivity index is 2.13. The van der Waals surface area contributed by atoms with Gasteiger partial charge in [0.1, 0.15) is 11.6 Å². The molecule has 0 fully saturated rings. The monoisotopic (exact) mass is 380 g/mol. The van der Waals surface area contributed by atoms with E-state index in [0.29, 0.717) is 41.9 Å². The second-order valence-electron chi connectivity index (χ2n) is 6.59. The number of halogens is 2. The smallest absolute Gasteiger partial charge is 0.242 e. The van der Waals surface area contributed by atoms with Crippen LogP contribution in [0.5, 0.6) is 0 Å². The van der Waals surface area contributed by atoms with E-state index < -0.39 is 26.9 Å². The molecule has 140 valence electrons. The van der Waals surface area contributed by atoms with Crippen LogP contribution in [-0.4, -0.2) is 27.3 Å². The highest BCUT2D eigenvalue weighted by Crippen LogP contribution is 2.41. The van der Waals surface area contributed by atoms with Gasteiger partial charge in [0.05, 0.1) is 16.6 Å². The Hall–Kier alpha value is -1.99. The van der Waals surface area contributed by atoms with Crippen LogP contribution >= 0.6 is 0 Å². The van der Waals surface area contributed by atoms with E-state index in [1.807, 2.05) is 7.05 Å². The van der Waals surface area contributed by atoms with E-state index in [9.17, 15) is 17.2 Å². The molecule has 2 aromatic rings. The van der Waals surface area contributed by atoms with Crippen LogP contribution < -0.4 is 9.62 Å². The quantitative estimate of drug-likeness (QED) is 0.806. The molecule has 0 radical (unpaired) electrons. The maximum atomic E-state index is 13.8. The molecule has 0 spiro atoms. The number of sulfonamides is 1. The zero-order valence-electron chi connectivity index (χ0n) is 14.8. The van der Waals surface area contributed by atoms with E-state index in [0.717, 1.165) is 0 Å². The number of fused-ring (bicyclic) bond motifs is 1. The van der Waals surface area contributed by atoms with Gasteiger partial charge in [-0.15, -0.1) is 0 Å². The molecule has 0 amide bonds. The second kappa shape index (κ2) is 7.32. The predicted molar refractivity (Wildman–Crippen MR) is 99.2 cm³/mol. The zero-order valence-corrected chi connectivity index (χ0v) is 15.6. The van der Waals surface area contributed by atoms with Crippen LogP contribution in [-0.2, 0) is 16.4 Å². The standard InChI is InChI=1S/C19H22F2N2O2S/c1-13-10-15(20)5-7-18(13)23-19-8-6-16(21)11-14(19)12-17(26(23,24)25)4-3-9-22-2/h5-8,10-11,17,22H,3-4,9,12H2,1-2H3/t17-/m0/s1. The summed E-state index contributed by atoms with van der Waals surface area (Å²) in [5, 5.41) is 2.37. The number of benzene rings is 2. The lowest BCUT2D eigenvalue weighted by Gasteiger charge is -2.36. The van der Waals surface area contributed by atoms with E-state index in [2.05, 4.69) is 5.32 Å². The summed E-state index contributed by atoms with van der Waals surface area (Å²) in [6.07, 6.45) is 1.44. The topological polar surface area (TPSA) is 49.4 Å². The van der Waals surface area contributed by atoms with Gasteiger partial charge in [-0.1, -0.05) is 0 Å². The average Bonchev–Trinajstić information content (AvgIpc) is 2.57. The van der Waals surface area contributed by atoms with Crippen LogP contribution in [0.1, 0.15) is 24.0 Å². The van der Waals surface area contributed by atoms with Gasteiger partial charge in [-0.25, -0.2) is 21.5 Å². The van der Waals surface area contributed by atoms with E-state index in [-0.39, 0.29) is 6.42 Å². The van der Waals surface area contributed by atoms with Gasteiger partial charge in [-0.05, 0) is 87.3 Å². The third-order valence-electron chi connectivity index (χ3n) is 4.71. The summed E-state index contributed by atoms with van der Waals surface area (Å²) in [4.78, 5) is 0. The molecule has 0 saturated heterocycles. The summed E-state index contributed by atoms with van der Waals surface area (Å²) in [7, 11) is -1.89. The molecule has 0 saturated carbocycles. The van der Waals surface area contributed by atoms with Gasteiger partial charge in [0.25, 0.3) is 0 Å². The molecule has 1 heterocycles. The Kier molecular flexibility index (Phi) is 5.29. The van der Waals surface area contributed by atoms with Crippen molar-refractivity contribution in [2.45, 2.75) is 31.4 Å². The predicted octanol–water partition coefficient (Wildman–Crippen LogP) is 3.67. The average molecular weight is 380 g/mol. The van der Waals surface area contributed by atoms with Crippen molar-refractivity contribution in [2.75, 3.05) is 17.9 Å². The Morgan fingerprint density at radius 2 is 1.77 bits per heavy atom. The molecule has 1 aliphatic rings. The van der Waals surface area contributed by atoms with Gasteiger partial charge in [-0.2, -0.15) is 0 Å². The molecule has 3 rings (SSSR count). The summed E-state index contributed by atoms with van der Waals surface area (Å²) in [6.45, 7) is 2.37. The molecule has 0 unspecified atom stereocenters. The first-order valence-corrected chi connectivity index (χ1v) is 10.1. The zero-order chi connectivity index (χ0) is 18.9. The minimum absolute atomic E-state index is 0.274. The highest BCUT2D eigenvalue weighted by atomic mass is 32.2. The number of anilines is 2. The van der Waals surface area contributed by atoms with Crippen molar-refractivity contribution in [3.05, 3.63) is 59.2 Å². The number of hydrogen-bond acceptors (Lipinski definition) is 3. The normalized spacial score (nSPS) is 18.6. The van der Waals surface area contributed by atoms with Crippen LogP contribution in [0.2, 0.25) is 0 Å². The first-order valence-electron chi connectivity index (χ1n) is 8.58. The lowest BCUT2D eigenvalue weighted by molar-refractivity contribution is 0.552. The van der Waals surface area contributed by atoms with Crippen LogP contribution in [0.3, 0.4) is 0 Å². The Morgan fingerprint density at radius 3 is 2.42 bits per heavy atom. The minimum atomic E-state index is -3.70. The summed E-state index contributed by atoms with van der Waals surface area (Å²) >= 11 is 0. The van der Waals surface area contributed by atoms with Crippen LogP contribution in [0, 0.1) is 18.6 Å². The summed E-state index contributed by atoms with van der Waals surface area (Å²) in [5.74, 6) is -0.821. The fourth-order valence-corrected chi connectivity index (χ4v) is 5.51. The molecule has 4 nitrogen and oxygen atoms in total. The van der Waals surface area contributed by atoms with Crippen molar-refractivity contribution in [3.8, 4) is 0 Å². The Labute approximate surface area is 152 Å². The summed E-state index contributed by atoms with van der Waals surface area (Å²) < 4.78 is 55.1. The highest BCUT2D eigenvalue weighted by molar-refractivity contribution is 7.93. The number of aryl methyl sites for hydroxylation is 1. The van der Waals surface area contributed by atoms with Crippen LogP contribution in [0.25, 0.3) is 0 Å². The number of nitrogens with zero attached hydrogens (tertiary/aromatic N) is 1. The molecule has 26 heavy (non-hydrogen) atoms. The molecular weight excluding hydrogens is 358 g/mol. The number of hydrogen-bond donors (Lipinski definition) is 1. The van der Waals surface area contributed by atoms with Crippen molar-refractivity contribution in [1.82, 2.24) is 5.32 Å². The molecule has 0 aliphatic carbocycles. The lowest BCUT2D eigenvalue weighted by atomic mass is 10.0. The molecule has 7 heteroatoms. The third kappa shape index (κ3) is 3.46. The molecule has 1 N–H and O–H groups in total. The fraction of sp³-hybridized carbons (Fsp3) is 0.368. The van der Waals surface area contributed by atoms with Crippen LogP contribution in [0.15, 0.2) is 36.4 Å². The molecule has 1 atom stereocenters. The molecular formula is C19H22F2N2O2S. The van der Waals surface area contributed by atoms with Gasteiger partial charge in [0.15, 0.2) is 0 Å². The molecule has 2 aromatic carbocycles. The largest absolute Gasteiger partial charge is 0.320 e. The van der Waals surface area contributed by atoms with Gasteiger partial charge in [-0.3, -0.25) is 0 Å². The van der Waals surface area contributed by atoms with Crippen LogP contribution in [0.4, 0.5) is 20.2 Å². The lowest BCUT2D eigenvalue weighted by Crippen LogP contribution is -2.42.